The molecule has 3 rings (SSSR count). The average Bonchev–Trinajstić information content (AvgIpc) is 2.94. The highest BCUT2D eigenvalue weighted by Gasteiger charge is 2.31. The molecule has 2 aromatic rings. The summed E-state index contributed by atoms with van der Waals surface area (Å²) in [7, 11) is 0. The molecule has 0 bridgehead atoms. The van der Waals surface area contributed by atoms with Crippen molar-refractivity contribution in [3.05, 3.63) is 33.5 Å². The molecular weight excluding hydrogens is 274 g/mol. The van der Waals surface area contributed by atoms with Crippen molar-refractivity contribution >= 4 is 27.8 Å². The summed E-state index contributed by atoms with van der Waals surface area (Å²) < 4.78 is 0. The van der Waals surface area contributed by atoms with Gasteiger partial charge < -0.3 is 10.2 Å². The quantitative estimate of drug-likeness (QED) is 0.847. The van der Waals surface area contributed by atoms with Crippen LogP contribution in [0, 0.1) is 0 Å². The van der Waals surface area contributed by atoms with Gasteiger partial charge in [0.1, 0.15) is 0 Å². The normalized spacial score (nSPS) is 14.8. The molecule has 1 aliphatic carbocycles. The standard InChI is InChI=1S/C14H19N3S2/c1-2-15-7-13-8-16-14(19-13)17(12-3-4-12)9-11-5-6-18-10-11/h5-6,8,10,12,15H,2-4,7,9H2,1H3. The summed E-state index contributed by atoms with van der Waals surface area (Å²) in [5.74, 6) is 0. The Morgan fingerprint density at radius 1 is 1.47 bits per heavy atom. The van der Waals surface area contributed by atoms with E-state index in [0.29, 0.717) is 6.04 Å². The van der Waals surface area contributed by atoms with E-state index in [1.165, 1.54) is 28.4 Å². The van der Waals surface area contributed by atoms with Gasteiger partial charge in [0, 0.05) is 30.2 Å². The van der Waals surface area contributed by atoms with E-state index in [4.69, 9.17) is 0 Å². The third-order valence-corrected chi connectivity index (χ3v) is 5.02. The third kappa shape index (κ3) is 3.35. The zero-order valence-corrected chi connectivity index (χ0v) is 12.8. The highest BCUT2D eigenvalue weighted by molar-refractivity contribution is 7.15. The highest BCUT2D eigenvalue weighted by Crippen LogP contribution is 2.35. The van der Waals surface area contributed by atoms with Crippen LogP contribution in [0.4, 0.5) is 5.13 Å². The molecule has 0 spiro atoms. The van der Waals surface area contributed by atoms with E-state index in [1.807, 2.05) is 17.5 Å². The van der Waals surface area contributed by atoms with E-state index in [9.17, 15) is 0 Å². The van der Waals surface area contributed by atoms with Gasteiger partial charge in [0.15, 0.2) is 5.13 Å². The zero-order chi connectivity index (χ0) is 13.1. The molecule has 0 amide bonds. The second-order valence-corrected chi connectivity index (χ2v) is 6.75. The SMILES string of the molecule is CCNCc1cnc(N(Cc2ccsc2)C2CC2)s1. The van der Waals surface area contributed by atoms with Crippen LogP contribution in [0.3, 0.4) is 0 Å². The van der Waals surface area contributed by atoms with Crippen molar-refractivity contribution in [3.8, 4) is 0 Å². The number of hydrogen-bond acceptors (Lipinski definition) is 5. The van der Waals surface area contributed by atoms with E-state index in [2.05, 4.69) is 39.0 Å². The second-order valence-electron chi connectivity index (χ2n) is 4.88. The lowest BCUT2D eigenvalue weighted by molar-refractivity contribution is 0.734. The minimum Gasteiger partial charge on any atom is -0.341 e. The molecule has 0 atom stereocenters. The number of nitrogens with zero attached hydrogens (tertiary/aromatic N) is 2. The summed E-state index contributed by atoms with van der Waals surface area (Å²) in [6.07, 6.45) is 4.64. The van der Waals surface area contributed by atoms with Gasteiger partial charge in [-0.25, -0.2) is 4.98 Å². The van der Waals surface area contributed by atoms with E-state index in [1.54, 1.807) is 11.3 Å². The maximum Gasteiger partial charge on any atom is 0.186 e. The molecule has 5 heteroatoms. The lowest BCUT2D eigenvalue weighted by atomic mass is 10.3. The Hall–Kier alpha value is -0.910. The Bertz CT molecular complexity index is 503. The molecule has 1 fully saturated rings. The topological polar surface area (TPSA) is 28.2 Å². The highest BCUT2D eigenvalue weighted by atomic mass is 32.1. The van der Waals surface area contributed by atoms with Gasteiger partial charge in [-0.1, -0.05) is 6.92 Å². The molecule has 0 unspecified atom stereocenters. The van der Waals surface area contributed by atoms with Gasteiger partial charge in [-0.3, -0.25) is 0 Å². The lowest BCUT2D eigenvalue weighted by Crippen LogP contribution is -2.24. The summed E-state index contributed by atoms with van der Waals surface area (Å²) in [6, 6.07) is 2.92. The number of anilines is 1. The smallest absolute Gasteiger partial charge is 0.186 e. The first-order valence-electron chi connectivity index (χ1n) is 6.80. The van der Waals surface area contributed by atoms with Gasteiger partial charge in [0.05, 0.1) is 0 Å². The van der Waals surface area contributed by atoms with E-state index < -0.39 is 0 Å². The molecule has 0 saturated heterocycles. The number of hydrogen-bond donors (Lipinski definition) is 1. The number of rotatable bonds is 7. The largest absolute Gasteiger partial charge is 0.341 e. The Balaban J connectivity index is 1.70. The van der Waals surface area contributed by atoms with Crippen LogP contribution in [0.25, 0.3) is 0 Å². The van der Waals surface area contributed by atoms with Crippen LogP contribution in [0.15, 0.2) is 23.0 Å². The average molecular weight is 293 g/mol. The Morgan fingerprint density at radius 3 is 3.05 bits per heavy atom. The molecule has 0 aromatic carbocycles. The van der Waals surface area contributed by atoms with Gasteiger partial charge in [-0.15, -0.1) is 11.3 Å². The predicted molar refractivity (Wildman–Crippen MR) is 83.0 cm³/mol. The van der Waals surface area contributed by atoms with Crippen molar-refractivity contribution < 1.29 is 0 Å². The maximum absolute atomic E-state index is 4.62. The molecule has 2 aromatic heterocycles. The van der Waals surface area contributed by atoms with Gasteiger partial charge in [0.2, 0.25) is 0 Å². The van der Waals surface area contributed by atoms with E-state index in [-0.39, 0.29) is 0 Å². The Labute approximate surface area is 122 Å². The number of thiazole rings is 1. The molecule has 0 radical (unpaired) electrons. The van der Waals surface area contributed by atoms with E-state index >= 15 is 0 Å². The zero-order valence-electron chi connectivity index (χ0n) is 11.1. The predicted octanol–water partition coefficient (Wildman–Crippen LogP) is 3.48. The van der Waals surface area contributed by atoms with E-state index in [0.717, 1.165) is 19.6 Å². The molecule has 102 valence electrons. The molecule has 19 heavy (non-hydrogen) atoms. The summed E-state index contributed by atoms with van der Waals surface area (Å²) in [5, 5.41) is 8.93. The van der Waals surface area contributed by atoms with Crippen molar-refractivity contribution in [2.45, 2.75) is 38.9 Å². The fourth-order valence-electron chi connectivity index (χ4n) is 2.08. The molecule has 3 nitrogen and oxygen atoms in total. The minimum absolute atomic E-state index is 0.707. The first kappa shape index (κ1) is 13.1. The summed E-state index contributed by atoms with van der Waals surface area (Å²) >= 11 is 3.60. The fourth-order valence-corrected chi connectivity index (χ4v) is 3.69. The van der Waals surface area contributed by atoms with Crippen molar-refractivity contribution in [2.75, 3.05) is 11.4 Å². The van der Waals surface area contributed by atoms with Gasteiger partial charge in [-0.2, -0.15) is 11.3 Å². The monoisotopic (exact) mass is 293 g/mol. The summed E-state index contributed by atoms with van der Waals surface area (Å²) in [4.78, 5) is 8.42. The Kier molecular flexibility index (Phi) is 4.15. The van der Waals surface area contributed by atoms with Crippen molar-refractivity contribution in [2.24, 2.45) is 0 Å². The number of aromatic nitrogens is 1. The fraction of sp³-hybridized carbons (Fsp3) is 0.500. The molecule has 1 N–H and O–H groups in total. The van der Waals surface area contributed by atoms with Gasteiger partial charge in [-0.05, 0) is 41.8 Å². The van der Waals surface area contributed by atoms with Crippen LogP contribution < -0.4 is 10.2 Å². The summed E-state index contributed by atoms with van der Waals surface area (Å²) in [6.45, 7) is 5.08. The molecular formula is C14H19N3S2. The molecule has 0 aliphatic heterocycles. The minimum atomic E-state index is 0.707. The first-order valence-corrected chi connectivity index (χ1v) is 8.56. The van der Waals surface area contributed by atoms with Crippen LogP contribution >= 0.6 is 22.7 Å². The van der Waals surface area contributed by atoms with Gasteiger partial charge in [0.25, 0.3) is 0 Å². The van der Waals surface area contributed by atoms with Crippen LogP contribution in [0.1, 0.15) is 30.2 Å². The third-order valence-electron chi connectivity index (χ3n) is 3.26. The van der Waals surface area contributed by atoms with Crippen LogP contribution in [-0.4, -0.2) is 17.6 Å². The second kappa shape index (κ2) is 6.03. The van der Waals surface area contributed by atoms with Crippen molar-refractivity contribution in [1.29, 1.82) is 0 Å². The van der Waals surface area contributed by atoms with Crippen LogP contribution in [0.5, 0.6) is 0 Å². The molecule has 1 saturated carbocycles. The number of nitrogens with one attached hydrogen (secondary N) is 1. The lowest BCUT2D eigenvalue weighted by Gasteiger charge is -2.20. The van der Waals surface area contributed by atoms with Crippen molar-refractivity contribution in [1.82, 2.24) is 10.3 Å². The number of thiophene rings is 1. The first-order chi connectivity index (χ1) is 9.36. The Morgan fingerprint density at radius 2 is 2.37 bits per heavy atom. The van der Waals surface area contributed by atoms with Crippen LogP contribution in [-0.2, 0) is 13.1 Å². The van der Waals surface area contributed by atoms with Gasteiger partial charge >= 0.3 is 0 Å². The van der Waals surface area contributed by atoms with Crippen molar-refractivity contribution in [3.63, 3.8) is 0 Å². The summed E-state index contributed by atoms with van der Waals surface area (Å²) in [5.41, 5.74) is 1.40. The molecule has 2 heterocycles. The van der Waals surface area contributed by atoms with Crippen LogP contribution in [0.2, 0.25) is 0 Å². The maximum atomic E-state index is 4.62. The molecule has 1 aliphatic rings.